The molecule has 1 aliphatic rings. The van der Waals surface area contributed by atoms with Gasteiger partial charge in [-0.05, 0) is 25.8 Å². The van der Waals surface area contributed by atoms with E-state index >= 15 is 0 Å². The molecule has 0 aromatic carbocycles. The Hall–Kier alpha value is -1.99. The van der Waals surface area contributed by atoms with Gasteiger partial charge in [-0.2, -0.15) is 0 Å². The lowest BCUT2D eigenvalue weighted by molar-refractivity contribution is 0.0788. The summed E-state index contributed by atoms with van der Waals surface area (Å²) in [4.78, 5) is 26.6. The van der Waals surface area contributed by atoms with Gasteiger partial charge < -0.3 is 9.88 Å². The molecule has 1 saturated heterocycles. The number of H-pyrrole nitrogens is 1. The number of likely N-dealkylation sites (tertiary alicyclic amines) is 1. The lowest BCUT2D eigenvalue weighted by Gasteiger charge is -2.13. The standard InChI is InChI=1S/C17H18N4OS2/c1-11-19-13(9-23-11)7-16-20-15(10-24-16)12-6-14(18-8-12)17(22)21-4-2-3-5-21/h6,8-10,18H,2-5,7H2,1H3. The maximum Gasteiger partial charge on any atom is 0.270 e. The number of hydrogen-bond acceptors (Lipinski definition) is 5. The number of amides is 1. The van der Waals surface area contributed by atoms with E-state index in [1.54, 1.807) is 22.7 Å². The highest BCUT2D eigenvalue weighted by atomic mass is 32.1. The zero-order valence-electron chi connectivity index (χ0n) is 13.4. The predicted octanol–water partition coefficient (Wildman–Crippen LogP) is 3.73. The molecule has 0 saturated carbocycles. The maximum absolute atomic E-state index is 12.4. The van der Waals surface area contributed by atoms with Crippen LogP contribution in [0.2, 0.25) is 0 Å². The van der Waals surface area contributed by atoms with Crippen molar-refractivity contribution in [2.45, 2.75) is 26.2 Å². The molecule has 1 amide bonds. The Kier molecular flexibility index (Phi) is 4.20. The molecular weight excluding hydrogens is 340 g/mol. The number of nitrogens with one attached hydrogen (secondary N) is 1. The lowest BCUT2D eigenvalue weighted by Crippen LogP contribution is -2.27. The van der Waals surface area contributed by atoms with Crippen molar-refractivity contribution in [1.82, 2.24) is 19.9 Å². The van der Waals surface area contributed by atoms with Gasteiger partial charge in [0.2, 0.25) is 0 Å². The number of aromatic amines is 1. The van der Waals surface area contributed by atoms with Gasteiger partial charge in [0.1, 0.15) is 5.69 Å². The first-order chi connectivity index (χ1) is 11.7. The van der Waals surface area contributed by atoms with E-state index < -0.39 is 0 Å². The highest BCUT2D eigenvalue weighted by molar-refractivity contribution is 7.10. The summed E-state index contributed by atoms with van der Waals surface area (Å²) < 4.78 is 0. The molecule has 0 aliphatic carbocycles. The fraction of sp³-hybridized carbons (Fsp3) is 0.353. The van der Waals surface area contributed by atoms with Crippen LogP contribution in [0, 0.1) is 6.92 Å². The minimum Gasteiger partial charge on any atom is -0.357 e. The Morgan fingerprint density at radius 1 is 1.25 bits per heavy atom. The largest absolute Gasteiger partial charge is 0.357 e. The molecule has 0 radical (unpaired) electrons. The Balaban J connectivity index is 1.49. The smallest absolute Gasteiger partial charge is 0.270 e. The van der Waals surface area contributed by atoms with Gasteiger partial charge >= 0.3 is 0 Å². The van der Waals surface area contributed by atoms with Crippen molar-refractivity contribution < 1.29 is 4.79 Å². The highest BCUT2D eigenvalue weighted by Crippen LogP contribution is 2.25. The zero-order chi connectivity index (χ0) is 16.5. The van der Waals surface area contributed by atoms with Crippen LogP contribution in [0.4, 0.5) is 0 Å². The number of rotatable bonds is 4. The summed E-state index contributed by atoms with van der Waals surface area (Å²) in [5.74, 6) is 0.0900. The van der Waals surface area contributed by atoms with E-state index in [4.69, 9.17) is 4.98 Å². The maximum atomic E-state index is 12.4. The van der Waals surface area contributed by atoms with Gasteiger partial charge in [0, 0.05) is 42.0 Å². The van der Waals surface area contributed by atoms with E-state index in [1.165, 1.54) is 0 Å². The second kappa shape index (κ2) is 6.49. The zero-order valence-corrected chi connectivity index (χ0v) is 15.0. The molecule has 0 atom stereocenters. The van der Waals surface area contributed by atoms with Crippen LogP contribution in [0.25, 0.3) is 11.3 Å². The van der Waals surface area contributed by atoms with Gasteiger partial charge in [-0.25, -0.2) is 9.97 Å². The molecule has 1 aliphatic heterocycles. The molecule has 7 heteroatoms. The minimum atomic E-state index is 0.0900. The molecule has 0 unspecified atom stereocenters. The molecule has 3 aromatic heterocycles. The van der Waals surface area contributed by atoms with Gasteiger partial charge in [0.05, 0.1) is 21.4 Å². The van der Waals surface area contributed by atoms with Crippen LogP contribution >= 0.6 is 22.7 Å². The summed E-state index contributed by atoms with van der Waals surface area (Å²) >= 11 is 3.30. The molecule has 4 heterocycles. The summed E-state index contributed by atoms with van der Waals surface area (Å²) in [7, 11) is 0. The minimum absolute atomic E-state index is 0.0900. The molecule has 3 aromatic rings. The van der Waals surface area contributed by atoms with E-state index in [-0.39, 0.29) is 5.91 Å². The number of aryl methyl sites for hydroxylation is 1. The number of carbonyl (C=O) groups excluding carboxylic acids is 1. The number of thiazole rings is 2. The van der Waals surface area contributed by atoms with E-state index in [9.17, 15) is 4.79 Å². The molecule has 0 bridgehead atoms. The van der Waals surface area contributed by atoms with E-state index in [1.807, 2.05) is 29.5 Å². The van der Waals surface area contributed by atoms with Crippen molar-refractivity contribution in [3.8, 4) is 11.3 Å². The third kappa shape index (κ3) is 3.14. The summed E-state index contributed by atoms with van der Waals surface area (Å²) in [6.45, 7) is 3.74. The topological polar surface area (TPSA) is 61.9 Å². The normalized spacial score (nSPS) is 14.5. The molecule has 1 N–H and O–H groups in total. The molecule has 1 fully saturated rings. The SMILES string of the molecule is Cc1nc(Cc2nc(-c3c[nH]c(C(=O)N4CCCC4)c3)cs2)cs1. The van der Waals surface area contributed by atoms with Crippen LogP contribution < -0.4 is 0 Å². The van der Waals surface area contributed by atoms with Crippen LogP contribution in [0.15, 0.2) is 23.0 Å². The number of aromatic nitrogens is 3. The molecule has 4 rings (SSSR count). The van der Waals surface area contributed by atoms with Crippen molar-refractivity contribution in [3.63, 3.8) is 0 Å². The van der Waals surface area contributed by atoms with Gasteiger partial charge in [0.15, 0.2) is 0 Å². The van der Waals surface area contributed by atoms with Crippen LogP contribution in [0.1, 0.15) is 39.0 Å². The van der Waals surface area contributed by atoms with Crippen molar-refractivity contribution >= 4 is 28.6 Å². The third-order valence-electron chi connectivity index (χ3n) is 4.15. The van der Waals surface area contributed by atoms with Crippen molar-refractivity contribution in [1.29, 1.82) is 0 Å². The van der Waals surface area contributed by atoms with Crippen LogP contribution in [0.5, 0.6) is 0 Å². The Labute approximate surface area is 148 Å². The second-order valence-electron chi connectivity index (χ2n) is 5.96. The number of carbonyl (C=O) groups is 1. The molecule has 5 nitrogen and oxygen atoms in total. The molecular formula is C17H18N4OS2. The van der Waals surface area contributed by atoms with Gasteiger partial charge in [-0.1, -0.05) is 0 Å². The highest BCUT2D eigenvalue weighted by Gasteiger charge is 2.21. The van der Waals surface area contributed by atoms with Gasteiger partial charge in [-0.3, -0.25) is 4.79 Å². The van der Waals surface area contributed by atoms with Crippen LogP contribution in [-0.4, -0.2) is 38.8 Å². The summed E-state index contributed by atoms with van der Waals surface area (Å²) in [6, 6.07) is 1.91. The second-order valence-corrected chi connectivity index (χ2v) is 7.97. The van der Waals surface area contributed by atoms with Crippen LogP contribution in [-0.2, 0) is 6.42 Å². The third-order valence-corrected chi connectivity index (χ3v) is 5.82. The monoisotopic (exact) mass is 358 g/mol. The average Bonchev–Trinajstić information content (AvgIpc) is 3.35. The first-order valence-electron chi connectivity index (χ1n) is 8.02. The van der Waals surface area contributed by atoms with E-state index in [0.717, 1.165) is 59.3 Å². The first kappa shape index (κ1) is 15.5. The number of hydrogen-bond donors (Lipinski definition) is 1. The van der Waals surface area contributed by atoms with Crippen molar-refractivity contribution in [3.05, 3.63) is 44.4 Å². The Morgan fingerprint density at radius 2 is 2.08 bits per heavy atom. The molecule has 0 spiro atoms. The summed E-state index contributed by atoms with van der Waals surface area (Å²) in [6.07, 6.45) is 4.84. The molecule has 124 valence electrons. The fourth-order valence-electron chi connectivity index (χ4n) is 2.93. The fourth-order valence-corrected chi connectivity index (χ4v) is 4.36. The predicted molar refractivity (Wildman–Crippen MR) is 96.7 cm³/mol. The lowest BCUT2D eigenvalue weighted by atomic mass is 10.2. The number of nitrogens with zero attached hydrogens (tertiary/aromatic N) is 3. The summed E-state index contributed by atoms with van der Waals surface area (Å²) in [5.41, 5.74) is 3.60. The van der Waals surface area contributed by atoms with Crippen molar-refractivity contribution in [2.24, 2.45) is 0 Å². The van der Waals surface area contributed by atoms with Crippen molar-refractivity contribution in [2.75, 3.05) is 13.1 Å². The van der Waals surface area contributed by atoms with Gasteiger partial charge in [-0.15, -0.1) is 22.7 Å². The molecule has 24 heavy (non-hydrogen) atoms. The average molecular weight is 358 g/mol. The quantitative estimate of drug-likeness (QED) is 0.773. The van der Waals surface area contributed by atoms with Gasteiger partial charge in [0.25, 0.3) is 5.91 Å². The van der Waals surface area contributed by atoms with Crippen LogP contribution in [0.3, 0.4) is 0 Å². The van der Waals surface area contributed by atoms with E-state index in [2.05, 4.69) is 15.3 Å². The Bertz CT molecular complexity index is 857. The van der Waals surface area contributed by atoms with E-state index in [0.29, 0.717) is 5.69 Å². The first-order valence-corrected chi connectivity index (χ1v) is 9.78. The summed E-state index contributed by atoms with van der Waals surface area (Å²) in [5, 5.41) is 6.25. The Morgan fingerprint density at radius 3 is 2.83 bits per heavy atom.